The van der Waals surface area contributed by atoms with Gasteiger partial charge in [-0.1, -0.05) is 12.1 Å². The molecule has 0 spiro atoms. The van der Waals surface area contributed by atoms with Gasteiger partial charge in [0, 0.05) is 56.2 Å². The molecule has 0 atom stereocenters. The largest absolute Gasteiger partial charge is 0.433 e. The highest BCUT2D eigenvalue weighted by Crippen LogP contribution is 2.34. The second-order valence-electron chi connectivity index (χ2n) is 8.85. The highest BCUT2D eigenvalue weighted by Gasteiger charge is 2.23. The smallest absolute Gasteiger partial charge is 0.387 e. The van der Waals surface area contributed by atoms with Crippen LogP contribution < -0.4 is 25.6 Å². The summed E-state index contributed by atoms with van der Waals surface area (Å²) in [5.74, 6) is 0.558. The number of hydrogen-bond donors (Lipinski definition) is 3. The first kappa shape index (κ1) is 23.7. The Balaban J connectivity index is 1.40. The molecule has 2 aliphatic heterocycles. The summed E-state index contributed by atoms with van der Waals surface area (Å²) in [6, 6.07) is 10.7. The molecular formula is C25H27F2N7O2. The molecule has 5 rings (SSSR count). The van der Waals surface area contributed by atoms with E-state index in [0.717, 1.165) is 43.0 Å². The molecule has 2 aromatic carbocycles. The van der Waals surface area contributed by atoms with Crippen molar-refractivity contribution in [1.29, 1.82) is 0 Å². The molecule has 0 unspecified atom stereocenters. The quantitative estimate of drug-likeness (QED) is 0.455. The van der Waals surface area contributed by atoms with Crippen molar-refractivity contribution in [3.8, 4) is 5.75 Å². The number of amides is 1. The fourth-order valence-corrected chi connectivity index (χ4v) is 4.33. The SMILES string of the molecule is Cc1cnc(Nc2ccc(N3CCN(C)CC3)cc2OC(F)F)nc1Nc1cccc2c1C(=O)NC2. The molecule has 0 saturated carbocycles. The average Bonchev–Trinajstić information content (AvgIpc) is 3.24. The van der Waals surface area contributed by atoms with Crippen molar-refractivity contribution in [1.82, 2.24) is 20.2 Å². The van der Waals surface area contributed by atoms with Crippen molar-refractivity contribution in [2.24, 2.45) is 0 Å². The first-order valence-corrected chi connectivity index (χ1v) is 11.7. The molecule has 188 valence electrons. The van der Waals surface area contributed by atoms with Crippen LogP contribution in [0.1, 0.15) is 21.5 Å². The highest BCUT2D eigenvalue weighted by atomic mass is 19.3. The number of alkyl halides is 2. The lowest BCUT2D eigenvalue weighted by molar-refractivity contribution is -0.0493. The second kappa shape index (κ2) is 9.94. The fraction of sp³-hybridized carbons (Fsp3) is 0.320. The lowest BCUT2D eigenvalue weighted by atomic mass is 10.1. The molecule has 2 aliphatic rings. The van der Waals surface area contributed by atoms with E-state index >= 15 is 0 Å². The number of carbonyl (C=O) groups excluding carboxylic acids is 1. The third kappa shape index (κ3) is 5.01. The Morgan fingerprint density at radius 1 is 1.08 bits per heavy atom. The normalized spacial score (nSPS) is 15.6. The van der Waals surface area contributed by atoms with Gasteiger partial charge >= 0.3 is 6.61 Å². The van der Waals surface area contributed by atoms with Crippen LogP contribution in [0.3, 0.4) is 0 Å². The van der Waals surface area contributed by atoms with Crippen LogP contribution in [-0.2, 0) is 6.54 Å². The first-order chi connectivity index (χ1) is 17.4. The molecule has 36 heavy (non-hydrogen) atoms. The predicted octanol–water partition coefficient (Wildman–Crippen LogP) is 3.87. The number of nitrogens with one attached hydrogen (secondary N) is 3. The number of anilines is 5. The van der Waals surface area contributed by atoms with Gasteiger partial charge in [-0.05, 0) is 37.7 Å². The van der Waals surface area contributed by atoms with E-state index in [0.29, 0.717) is 29.3 Å². The maximum Gasteiger partial charge on any atom is 0.387 e. The average molecular weight is 496 g/mol. The van der Waals surface area contributed by atoms with E-state index < -0.39 is 6.61 Å². The van der Waals surface area contributed by atoms with Crippen LogP contribution in [0.15, 0.2) is 42.6 Å². The minimum atomic E-state index is -2.98. The number of ether oxygens (including phenoxy) is 1. The topological polar surface area (TPSA) is 94.7 Å². The van der Waals surface area contributed by atoms with E-state index in [-0.39, 0.29) is 17.6 Å². The standard InChI is InChI=1S/C25H27F2N7O2/c1-15-13-29-25(32-22(15)30-19-5-3-4-16-14-28-23(35)21(16)19)31-18-7-6-17(12-20(18)36-24(26)27)34-10-8-33(2)9-11-34/h3-7,12-13,24H,8-11,14H2,1-2H3,(H,28,35)(H2,29,30,31,32). The van der Waals surface area contributed by atoms with Crippen LogP contribution in [-0.4, -0.2) is 60.6 Å². The molecule has 3 N–H and O–H groups in total. The Morgan fingerprint density at radius 3 is 2.67 bits per heavy atom. The van der Waals surface area contributed by atoms with Gasteiger partial charge in [0.15, 0.2) is 5.75 Å². The molecule has 1 aromatic heterocycles. The summed E-state index contributed by atoms with van der Waals surface area (Å²) in [6.45, 7) is 2.73. The van der Waals surface area contributed by atoms with Crippen LogP contribution in [0.5, 0.6) is 5.75 Å². The molecule has 1 fully saturated rings. The molecule has 0 bridgehead atoms. The summed E-state index contributed by atoms with van der Waals surface area (Å²) in [4.78, 5) is 25.5. The van der Waals surface area contributed by atoms with E-state index in [4.69, 9.17) is 4.74 Å². The molecule has 3 heterocycles. The lowest BCUT2D eigenvalue weighted by Gasteiger charge is -2.34. The summed E-state index contributed by atoms with van der Waals surface area (Å²) in [5.41, 5.74) is 4.01. The van der Waals surface area contributed by atoms with Crippen LogP contribution in [0, 0.1) is 6.92 Å². The third-order valence-corrected chi connectivity index (χ3v) is 6.34. The van der Waals surface area contributed by atoms with Crippen molar-refractivity contribution in [3.63, 3.8) is 0 Å². The predicted molar refractivity (Wildman–Crippen MR) is 134 cm³/mol. The maximum atomic E-state index is 13.2. The van der Waals surface area contributed by atoms with E-state index in [2.05, 4.69) is 42.8 Å². The maximum absolute atomic E-state index is 13.2. The number of aryl methyl sites for hydroxylation is 1. The summed E-state index contributed by atoms with van der Waals surface area (Å²) in [7, 11) is 2.06. The van der Waals surface area contributed by atoms with Crippen molar-refractivity contribution >= 4 is 34.7 Å². The Hall–Kier alpha value is -3.99. The monoisotopic (exact) mass is 495 g/mol. The molecular weight excluding hydrogens is 468 g/mol. The van der Waals surface area contributed by atoms with Crippen molar-refractivity contribution in [2.75, 3.05) is 48.8 Å². The number of rotatable bonds is 7. The van der Waals surface area contributed by atoms with Gasteiger partial charge in [-0.3, -0.25) is 4.79 Å². The van der Waals surface area contributed by atoms with Gasteiger partial charge in [0.25, 0.3) is 5.91 Å². The number of fused-ring (bicyclic) bond motifs is 1. The van der Waals surface area contributed by atoms with Gasteiger partial charge in [0.05, 0.1) is 16.9 Å². The molecule has 1 amide bonds. The number of halogens is 2. The van der Waals surface area contributed by atoms with Gasteiger partial charge in [0.1, 0.15) is 5.82 Å². The Bertz CT molecular complexity index is 1280. The molecule has 3 aromatic rings. The number of likely N-dealkylation sites (N-methyl/N-ethyl adjacent to an activating group) is 1. The van der Waals surface area contributed by atoms with Crippen LogP contribution in [0.2, 0.25) is 0 Å². The van der Waals surface area contributed by atoms with Crippen LogP contribution in [0.4, 0.5) is 37.6 Å². The Morgan fingerprint density at radius 2 is 1.89 bits per heavy atom. The molecule has 1 saturated heterocycles. The second-order valence-corrected chi connectivity index (χ2v) is 8.85. The van der Waals surface area contributed by atoms with Gasteiger partial charge < -0.3 is 30.5 Å². The minimum absolute atomic E-state index is 0.0117. The van der Waals surface area contributed by atoms with Crippen molar-refractivity contribution in [3.05, 3.63) is 59.3 Å². The fourth-order valence-electron chi connectivity index (χ4n) is 4.33. The molecule has 0 radical (unpaired) electrons. The summed E-state index contributed by atoms with van der Waals surface area (Å²) in [6.07, 6.45) is 1.62. The summed E-state index contributed by atoms with van der Waals surface area (Å²) in [5, 5.41) is 9.04. The lowest BCUT2D eigenvalue weighted by Crippen LogP contribution is -2.44. The number of aromatic nitrogens is 2. The zero-order valence-electron chi connectivity index (χ0n) is 20.0. The van der Waals surface area contributed by atoms with E-state index in [1.54, 1.807) is 18.3 Å². The summed E-state index contributed by atoms with van der Waals surface area (Å²) < 4.78 is 31.3. The minimum Gasteiger partial charge on any atom is -0.433 e. The van der Waals surface area contributed by atoms with Gasteiger partial charge in [-0.25, -0.2) is 4.98 Å². The van der Waals surface area contributed by atoms with Gasteiger partial charge in [-0.15, -0.1) is 0 Å². The first-order valence-electron chi connectivity index (χ1n) is 11.7. The Labute approximate surface area is 207 Å². The molecule has 0 aliphatic carbocycles. The number of piperazine rings is 1. The number of carbonyl (C=O) groups is 1. The number of benzene rings is 2. The van der Waals surface area contributed by atoms with Gasteiger partial charge in [0.2, 0.25) is 5.95 Å². The number of nitrogens with zero attached hydrogens (tertiary/aromatic N) is 4. The summed E-state index contributed by atoms with van der Waals surface area (Å²) >= 11 is 0. The van der Waals surface area contributed by atoms with Crippen molar-refractivity contribution < 1.29 is 18.3 Å². The van der Waals surface area contributed by atoms with Crippen LogP contribution >= 0.6 is 0 Å². The van der Waals surface area contributed by atoms with E-state index in [1.807, 2.05) is 31.2 Å². The van der Waals surface area contributed by atoms with E-state index in [1.165, 1.54) is 0 Å². The van der Waals surface area contributed by atoms with Gasteiger partial charge in [-0.2, -0.15) is 13.8 Å². The van der Waals surface area contributed by atoms with Crippen molar-refractivity contribution in [2.45, 2.75) is 20.1 Å². The number of hydrogen-bond acceptors (Lipinski definition) is 8. The molecule has 9 nitrogen and oxygen atoms in total. The Kier molecular flexibility index (Phi) is 6.55. The zero-order chi connectivity index (χ0) is 25.2. The zero-order valence-corrected chi connectivity index (χ0v) is 20.0. The molecule has 11 heteroatoms. The van der Waals surface area contributed by atoms with Crippen LogP contribution in [0.25, 0.3) is 0 Å². The third-order valence-electron chi connectivity index (χ3n) is 6.34. The highest BCUT2D eigenvalue weighted by molar-refractivity contribution is 6.04. The van der Waals surface area contributed by atoms with E-state index in [9.17, 15) is 13.6 Å².